The van der Waals surface area contributed by atoms with E-state index < -0.39 is 0 Å². The Hall–Kier alpha value is -1.00. The molecular formula is C15H21FN2S. The van der Waals surface area contributed by atoms with E-state index >= 15 is 0 Å². The van der Waals surface area contributed by atoms with Gasteiger partial charge in [0.2, 0.25) is 0 Å². The van der Waals surface area contributed by atoms with Crippen LogP contribution in [0.2, 0.25) is 0 Å². The summed E-state index contributed by atoms with van der Waals surface area (Å²) in [6, 6.07) is 4.71. The summed E-state index contributed by atoms with van der Waals surface area (Å²) in [6.07, 6.45) is 2.46. The monoisotopic (exact) mass is 280 g/mol. The molecule has 0 amide bonds. The van der Waals surface area contributed by atoms with Gasteiger partial charge in [-0.2, -0.15) is 0 Å². The van der Waals surface area contributed by atoms with Crippen LogP contribution >= 0.6 is 12.2 Å². The average molecular weight is 280 g/mol. The Morgan fingerprint density at radius 1 is 1.47 bits per heavy atom. The van der Waals surface area contributed by atoms with E-state index in [1.807, 2.05) is 0 Å². The molecule has 1 aromatic carbocycles. The fourth-order valence-electron chi connectivity index (χ4n) is 2.84. The fraction of sp³-hybridized carbons (Fsp3) is 0.533. The number of likely N-dealkylation sites (tertiary alicyclic amines) is 1. The predicted molar refractivity (Wildman–Crippen MR) is 80.6 cm³/mol. The number of benzene rings is 1. The second-order valence-electron chi connectivity index (χ2n) is 6.14. The Morgan fingerprint density at radius 3 is 2.84 bits per heavy atom. The Bertz CT molecular complexity index is 485. The molecule has 1 aliphatic rings. The van der Waals surface area contributed by atoms with Crippen LogP contribution in [0.5, 0.6) is 0 Å². The van der Waals surface area contributed by atoms with Crippen molar-refractivity contribution >= 4 is 17.2 Å². The number of halogens is 1. The largest absolute Gasteiger partial charge is 0.389 e. The second-order valence-corrected chi connectivity index (χ2v) is 6.58. The molecule has 1 aliphatic heterocycles. The van der Waals surface area contributed by atoms with E-state index in [9.17, 15) is 4.39 Å². The summed E-state index contributed by atoms with van der Waals surface area (Å²) in [5, 5.41) is 0. The maximum atomic E-state index is 13.3. The van der Waals surface area contributed by atoms with Gasteiger partial charge in [-0.1, -0.05) is 32.1 Å². The van der Waals surface area contributed by atoms with Crippen LogP contribution in [0.15, 0.2) is 18.2 Å². The van der Waals surface area contributed by atoms with Gasteiger partial charge in [-0.25, -0.2) is 4.39 Å². The smallest absolute Gasteiger partial charge is 0.123 e. The molecule has 104 valence electrons. The minimum absolute atomic E-state index is 0.269. The fourth-order valence-corrected chi connectivity index (χ4v) is 3.03. The maximum Gasteiger partial charge on any atom is 0.123 e. The molecular weight excluding hydrogens is 259 g/mol. The lowest BCUT2D eigenvalue weighted by molar-refractivity contribution is 0.111. The molecule has 4 heteroatoms. The summed E-state index contributed by atoms with van der Waals surface area (Å²) in [6.45, 7) is 7.51. The lowest BCUT2D eigenvalue weighted by Gasteiger charge is -2.38. The normalized spacial score (nSPS) is 19.3. The van der Waals surface area contributed by atoms with Crippen molar-refractivity contribution < 1.29 is 4.39 Å². The molecule has 19 heavy (non-hydrogen) atoms. The zero-order chi connectivity index (χ0) is 14.0. The minimum atomic E-state index is -0.287. The topological polar surface area (TPSA) is 29.3 Å². The van der Waals surface area contributed by atoms with Gasteiger partial charge < -0.3 is 5.73 Å². The Morgan fingerprint density at radius 2 is 2.21 bits per heavy atom. The van der Waals surface area contributed by atoms with E-state index in [1.165, 1.54) is 25.0 Å². The number of rotatable bonds is 3. The first kappa shape index (κ1) is 14.4. The third-order valence-electron chi connectivity index (χ3n) is 3.71. The van der Waals surface area contributed by atoms with E-state index in [-0.39, 0.29) is 10.8 Å². The molecule has 2 rings (SSSR count). The standard InChI is InChI=1S/C15H21FN2S/c1-15(2)6-3-7-18(10-15)9-11-4-5-12(16)8-13(11)14(17)19/h4-5,8H,3,6-7,9-10H2,1-2H3,(H2,17,19). The molecule has 1 heterocycles. The highest BCUT2D eigenvalue weighted by Crippen LogP contribution is 2.29. The second kappa shape index (κ2) is 5.55. The summed E-state index contributed by atoms with van der Waals surface area (Å²) >= 11 is 5.01. The lowest BCUT2D eigenvalue weighted by atomic mass is 9.84. The van der Waals surface area contributed by atoms with Crippen molar-refractivity contribution in [2.75, 3.05) is 13.1 Å². The quantitative estimate of drug-likeness (QED) is 0.863. The van der Waals surface area contributed by atoms with Crippen molar-refractivity contribution in [1.82, 2.24) is 4.90 Å². The molecule has 0 aromatic heterocycles. The van der Waals surface area contributed by atoms with Crippen molar-refractivity contribution in [3.8, 4) is 0 Å². The van der Waals surface area contributed by atoms with Gasteiger partial charge in [0.1, 0.15) is 10.8 Å². The van der Waals surface area contributed by atoms with Crippen LogP contribution in [0.4, 0.5) is 4.39 Å². The van der Waals surface area contributed by atoms with E-state index in [2.05, 4.69) is 18.7 Å². The van der Waals surface area contributed by atoms with E-state index in [4.69, 9.17) is 18.0 Å². The molecule has 1 saturated heterocycles. The van der Waals surface area contributed by atoms with Crippen molar-refractivity contribution in [3.05, 3.63) is 35.1 Å². The average Bonchev–Trinajstić information content (AvgIpc) is 2.30. The van der Waals surface area contributed by atoms with Gasteiger partial charge in [-0.3, -0.25) is 4.90 Å². The number of nitrogens with zero attached hydrogens (tertiary/aromatic N) is 1. The molecule has 0 atom stereocenters. The van der Waals surface area contributed by atoms with Crippen LogP contribution in [-0.2, 0) is 6.54 Å². The van der Waals surface area contributed by atoms with Gasteiger partial charge in [0, 0.05) is 18.7 Å². The Kier molecular flexibility index (Phi) is 4.21. The summed E-state index contributed by atoms with van der Waals surface area (Å²) in [5.41, 5.74) is 7.72. The van der Waals surface area contributed by atoms with Gasteiger partial charge in [-0.05, 0) is 42.5 Å². The molecule has 0 unspecified atom stereocenters. The summed E-state index contributed by atoms with van der Waals surface area (Å²) < 4.78 is 13.3. The molecule has 0 spiro atoms. The van der Waals surface area contributed by atoms with Crippen LogP contribution in [0.25, 0.3) is 0 Å². The molecule has 1 aromatic rings. The molecule has 0 aliphatic carbocycles. The van der Waals surface area contributed by atoms with Gasteiger partial charge >= 0.3 is 0 Å². The predicted octanol–water partition coefficient (Wildman–Crippen LogP) is 3.08. The number of piperidine rings is 1. The van der Waals surface area contributed by atoms with Gasteiger partial charge in [-0.15, -0.1) is 0 Å². The van der Waals surface area contributed by atoms with E-state index in [0.717, 1.165) is 25.2 Å². The highest BCUT2D eigenvalue weighted by atomic mass is 32.1. The lowest BCUT2D eigenvalue weighted by Crippen LogP contribution is -2.39. The third kappa shape index (κ3) is 3.74. The number of hydrogen-bond donors (Lipinski definition) is 1. The molecule has 2 N–H and O–H groups in total. The van der Waals surface area contributed by atoms with Crippen LogP contribution in [0.3, 0.4) is 0 Å². The van der Waals surface area contributed by atoms with Crippen molar-refractivity contribution in [2.45, 2.75) is 33.2 Å². The number of nitrogens with two attached hydrogens (primary N) is 1. The first-order valence-corrected chi connectivity index (χ1v) is 7.09. The number of thiocarbonyl (C=S) groups is 1. The molecule has 0 bridgehead atoms. The van der Waals surface area contributed by atoms with E-state index in [0.29, 0.717) is 11.0 Å². The van der Waals surface area contributed by atoms with Crippen molar-refractivity contribution in [1.29, 1.82) is 0 Å². The van der Waals surface area contributed by atoms with Gasteiger partial charge in [0.15, 0.2) is 0 Å². The van der Waals surface area contributed by atoms with Crippen LogP contribution < -0.4 is 5.73 Å². The first-order valence-electron chi connectivity index (χ1n) is 6.68. The zero-order valence-corrected chi connectivity index (χ0v) is 12.4. The summed E-state index contributed by atoms with van der Waals surface area (Å²) in [5.74, 6) is -0.287. The summed E-state index contributed by atoms with van der Waals surface area (Å²) in [7, 11) is 0. The Balaban J connectivity index is 2.17. The SMILES string of the molecule is CC1(C)CCCN(Cc2ccc(F)cc2C(N)=S)C1. The van der Waals surface area contributed by atoms with Crippen molar-refractivity contribution in [2.24, 2.45) is 11.1 Å². The minimum Gasteiger partial charge on any atom is -0.389 e. The first-order chi connectivity index (χ1) is 8.87. The van der Waals surface area contributed by atoms with E-state index in [1.54, 1.807) is 6.07 Å². The van der Waals surface area contributed by atoms with Gasteiger partial charge in [0.25, 0.3) is 0 Å². The summed E-state index contributed by atoms with van der Waals surface area (Å²) in [4.78, 5) is 2.67. The third-order valence-corrected chi connectivity index (χ3v) is 3.93. The highest BCUT2D eigenvalue weighted by Gasteiger charge is 2.26. The van der Waals surface area contributed by atoms with Crippen LogP contribution in [0.1, 0.15) is 37.8 Å². The highest BCUT2D eigenvalue weighted by molar-refractivity contribution is 7.80. The maximum absolute atomic E-state index is 13.3. The zero-order valence-electron chi connectivity index (χ0n) is 11.6. The molecule has 0 radical (unpaired) electrons. The molecule has 1 fully saturated rings. The van der Waals surface area contributed by atoms with Crippen LogP contribution in [0, 0.1) is 11.2 Å². The molecule has 2 nitrogen and oxygen atoms in total. The Labute approximate surface area is 119 Å². The van der Waals surface area contributed by atoms with Crippen molar-refractivity contribution in [3.63, 3.8) is 0 Å². The van der Waals surface area contributed by atoms with Gasteiger partial charge in [0.05, 0.1) is 0 Å². The number of hydrogen-bond acceptors (Lipinski definition) is 2. The van der Waals surface area contributed by atoms with Crippen LogP contribution in [-0.4, -0.2) is 23.0 Å². The molecule has 0 saturated carbocycles.